The molecule has 1 amide bonds. The Hall–Kier alpha value is -3.13. The predicted molar refractivity (Wildman–Crippen MR) is 106 cm³/mol. The number of aryl methyl sites for hydroxylation is 1. The van der Waals surface area contributed by atoms with Crippen molar-refractivity contribution >= 4 is 21.6 Å². The molecule has 0 bridgehead atoms. The third-order valence-corrected chi connectivity index (χ3v) is 6.14. The minimum Gasteiger partial charge on any atom is -0.497 e. The lowest BCUT2D eigenvalue weighted by atomic mass is 10.2. The largest absolute Gasteiger partial charge is 0.497 e. The van der Waals surface area contributed by atoms with Gasteiger partial charge in [0, 0.05) is 11.1 Å². The standard InChI is InChI=1S/C20H19N3O4S/c1-13-6-3-4-9-18(13)23-19(16-11-28(25,26)12-17(16)22-23)21-20(24)14-7-5-8-15(10-14)27-2/h3-10H,11-12H2,1-2H3,(H,21,24). The van der Waals surface area contributed by atoms with Crippen LogP contribution in [0.1, 0.15) is 27.2 Å². The SMILES string of the molecule is COc1cccc(C(=O)Nc2c3c(nn2-c2ccccc2C)CS(=O)(=O)C3)c1. The molecule has 28 heavy (non-hydrogen) atoms. The van der Waals surface area contributed by atoms with Gasteiger partial charge < -0.3 is 10.1 Å². The minimum atomic E-state index is -3.25. The number of amides is 1. The average molecular weight is 397 g/mol. The van der Waals surface area contributed by atoms with Crippen molar-refractivity contribution in [2.45, 2.75) is 18.4 Å². The van der Waals surface area contributed by atoms with Crippen molar-refractivity contribution in [3.8, 4) is 11.4 Å². The third kappa shape index (κ3) is 3.27. The zero-order valence-electron chi connectivity index (χ0n) is 15.5. The van der Waals surface area contributed by atoms with Gasteiger partial charge in [0.05, 0.1) is 30.0 Å². The summed E-state index contributed by atoms with van der Waals surface area (Å²) in [6.45, 7) is 1.94. The number of benzene rings is 2. The second-order valence-corrected chi connectivity index (χ2v) is 8.75. The molecule has 0 aliphatic carbocycles. The number of para-hydroxylation sites is 1. The zero-order valence-corrected chi connectivity index (χ0v) is 16.3. The number of nitrogens with zero attached hydrogens (tertiary/aromatic N) is 2. The summed E-state index contributed by atoms with van der Waals surface area (Å²) in [5.74, 6) is 0.331. The molecule has 0 spiro atoms. The highest BCUT2D eigenvalue weighted by atomic mass is 32.2. The number of fused-ring (bicyclic) bond motifs is 1. The Morgan fingerprint density at radius 1 is 1.14 bits per heavy atom. The van der Waals surface area contributed by atoms with Crippen LogP contribution in [0.2, 0.25) is 0 Å². The molecule has 8 heteroatoms. The Morgan fingerprint density at radius 2 is 1.93 bits per heavy atom. The van der Waals surface area contributed by atoms with Gasteiger partial charge in [0.15, 0.2) is 9.84 Å². The summed E-state index contributed by atoms with van der Waals surface area (Å²) in [6.07, 6.45) is 0. The molecule has 7 nitrogen and oxygen atoms in total. The van der Waals surface area contributed by atoms with E-state index in [2.05, 4.69) is 10.4 Å². The van der Waals surface area contributed by atoms with Crippen molar-refractivity contribution in [1.82, 2.24) is 9.78 Å². The highest BCUT2D eigenvalue weighted by Gasteiger charge is 2.33. The van der Waals surface area contributed by atoms with Gasteiger partial charge in [-0.3, -0.25) is 4.79 Å². The number of hydrogen-bond donors (Lipinski definition) is 1. The number of carbonyl (C=O) groups excluding carboxylic acids is 1. The van der Waals surface area contributed by atoms with E-state index in [9.17, 15) is 13.2 Å². The van der Waals surface area contributed by atoms with Crippen molar-refractivity contribution in [2.24, 2.45) is 0 Å². The first-order valence-corrected chi connectivity index (χ1v) is 10.5. The number of sulfone groups is 1. The molecule has 3 aromatic rings. The number of methoxy groups -OCH3 is 1. The topological polar surface area (TPSA) is 90.3 Å². The third-order valence-electron chi connectivity index (χ3n) is 4.70. The van der Waals surface area contributed by atoms with Crippen molar-refractivity contribution in [3.05, 3.63) is 70.9 Å². The zero-order chi connectivity index (χ0) is 19.9. The highest BCUT2D eigenvalue weighted by molar-refractivity contribution is 7.90. The predicted octanol–water partition coefficient (Wildman–Crippen LogP) is 2.87. The average Bonchev–Trinajstić information content (AvgIpc) is 3.14. The summed E-state index contributed by atoms with van der Waals surface area (Å²) in [7, 11) is -1.72. The molecule has 2 aromatic carbocycles. The molecular weight excluding hydrogens is 378 g/mol. The molecule has 1 aromatic heterocycles. The lowest BCUT2D eigenvalue weighted by Gasteiger charge is -2.13. The Balaban J connectivity index is 1.79. The van der Waals surface area contributed by atoms with Gasteiger partial charge in [-0.1, -0.05) is 24.3 Å². The van der Waals surface area contributed by atoms with E-state index >= 15 is 0 Å². The van der Waals surface area contributed by atoms with Gasteiger partial charge in [0.1, 0.15) is 11.6 Å². The number of aromatic nitrogens is 2. The van der Waals surface area contributed by atoms with Crippen LogP contribution in [-0.4, -0.2) is 31.2 Å². The van der Waals surface area contributed by atoms with Crippen molar-refractivity contribution in [1.29, 1.82) is 0 Å². The fourth-order valence-electron chi connectivity index (χ4n) is 3.29. The van der Waals surface area contributed by atoms with Crippen LogP contribution in [0.3, 0.4) is 0 Å². The molecular formula is C20H19N3O4S. The molecule has 0 fully saturated rings. The van der Waals surface area contributed by atoms with Crippen LogP contribution in [0.4, 0.5) is 5.82 Å². The van der Waals surface area contributed by atoms with Gasteiger partial charge in [-0.25, -0.2) is 13.1 Å². The molecule has 0 saturated heterocycles. The fourth-order valence-corrected chi connectivity index (χ4v) is 4.78. The molecule has 144 valence electrons. The Morgan fingerprint density at radius 3 is 2.68 bits per heavy atom. The second kappa shape index (κ2) is 6.79. The summed E-state index contributed by atoms with van der Waals surface area (Å²) in [4.78, 5) is 12.9. The summed E-state index contributed by atoms with van der Waals surface area (Å²) < 4.78 is 30.9. The summed E-state index contributed by atoms with van der Waals surface area (Å²) in [5, 5.41) is 7.36. The quantitative estimate of drug-likeness (QED) is 0.731. The van der Waals surface area contributed by atoms with E-state index in [4.69, 9.17) is 4.74 Å². The van der Waals surface area contributed by atoms with Crippen LogP contribution >= 0.6 is 0 Å². The monoisotopic (exact) mass is 397 g/mol. The number of nitrogens with one attached hydrogen (secondary N) is 1. The summed E-state index contributed by atoms with van der Waals surface area (Å²) >= 11 is 0. The minimum absolute atomic E-state index is 0.122. The number of carbonyl (C=O) groups is 1. The maximum atomic E-state index is 12.9. The van der Waals surface area contributed by atoms with Crippen molar-refractivity contribution in [2.75, 3.05) is 12.4 Å². The van der Waals surface area contributed by atoms with Crippen LogP contribution in [0.25, 0.3) is 5.69 Å². The van der Waals surface area contributed by atoms with Crippen LogP contribution in [0.5, 0.6) is 5.75 Å². The van der Waals surface area contributed by atoms with Crippen LogP contribution in [0, 0.1) is 6.92 Å². The first-order valence-electron chi connectivity index (χ1n) is 8.70. The van der Waals surface area contributed by atoms with E-state index in [1.807, 2.05) is 31.2 Å². The Kier molecular flexibility index (Phi) is 4.43. The van der Waals surface area contributed by atoms with E-state index in [0.29, 0.717) is 28.4 Å². The fraction of sp³-hybridized carbons (Fsp3) is 0.200. The van der Waals surface area contributed by atoms with Gasteiger partial charge in [-0.2, -0.15) is 5.10 Å². The maximum Gasteiger partial charge on any atom is 0.256 e. The van der Waals surface area contributed by atoms with E-state index < -0.39 is 9.84 Å². The lowest BCUT2D eigenvalue weighted by molar-refractivity contribution is 0.102. The van der Waals surface area contributed by atoms with Gasteiger partial charge >= 0.3 is 0 Å². The normalized spacial score (nSPS) is 14.5. The Bertz CT molecular complexity index is 1180. The molecule has 4 rings (SSSR count). The van der Waals surface area contributed by atoms with Crippen molar-refractivity contribution < 1.29 is 17.9 Å². The van der Waals surface area contributed by atoms with Gasteiger partial charge in [0.25, 0.3) is 5.91 Å². The smallest absolute Gasteiger partial charge is 0.256 e. The van der Waals surface area contributed by atoms with Crippen LogP contribution in [-0.2, 0) is 21.3 Å². The van der Waals surface area contributed by atoms with Gasteiger partial charge in [-0.05, 0) is 36.8 Å². The molecule has 0 radical (unpaired) electrons. The van der Waals surface area contributed by atoms with E-state index in [-0.39, 0.29) is 17.4 Å². The van der Waals surface area contributed by atoms with Crippen LogP contribution < -0.4 is 10.1 Å². The first-order chi connectivity index (χ1) is 13.4. The summed E-state index contributed by atoms with van der Waals surface area (Å²) in [6, 6.07) is 14.4. The summed E-state index contributed by atoms with van der Waals surface area (Å²) in [5.41, 5.74) is 3.17. The molecule has 1 aliphatic heterocycles. The van der Waals surface area contributed by atoms with E-state index in [1.165, 1.54) is 7.11 Å². The molecule has 0 atom stereocenters. The van der Waals surface area contributed by atoms with Crippen molar-refractivity contribution in [3.63, 3.8) is 0 Å². The van der Waals surface area contributed by atoms with Gasteiger partial charge in [-0.15, -0.1) is 0 Å². The molecule has 2 heterocycles. The lowest BCUT2D eigenvalue weighted by Crippen LogP contribution is -2.17. The molecule has 1 N–H and O–H groups in total. The first kappa shape index (κ1) is 18.2. The highest BCUT2D eigenvalue weighted by Crippen LogP contribution is 2.34. The molecule has 0 unspecified atom stereocenters. The molecule has 1 aliphatic rings. The number of anilines is 1. The number of rotatable bonds is 4. The molecule has 0 saturated carbocycles. The number of hydrogen-bond acceptors (Lipinski definition) is 5. The van der Waals surface area contributed by atoms with E-state index in [1.54, 1.807) is 28.9 Å². The number of ether oxygens (including phenoxy) is 1. The Labute approximate surface area is 162 Å². The second-order valence-electron chi connectivity index (χ2n) is 6.69. The maximum absolute atomic E-state index is 12.9. The van der Waals surface area contributed by atoms with Crippen LogP contribution in [0.15, 0.2) is 48.5 Å². The van der Waals surface area contributed by atoms with E-state index in [0.717, 1.165) is 11.3 Å². The van der Waals surface area contributed by atoms with Gasteiger partial charge in [0.2, 0.25) is 0 Å².